The second-order valence-electron chi connectivity index (χ2n) is 6.34. The standard InChI is InChI=1S/C21H29NO4/c1-8-18(25-20(23)14(3)4)22(17-12-10-16(7)11-13-17)19(9-2)26-21(24)15(5)6/h10-13,18-19H,3,5,8-9H2,1-2,4,6-7H3. The van der Waals surface area contributed by atoms with E-state index in [0.29, 0.717) is 24.0 Å². The highest BCUT2D eigenvalue weighted by Gasteiger charge is 2.30. The molecule has 2 unspecified atom stereocenters. The summed E-state index contributed by atoms with van der Waals surface area (Å²) in [6.45, 7) is 16.3. The molecule has 5 heteroatoms. The fraction of sp³-hybridized carbons (Fsp3) is 0.429. The van der Waals surface area contributed by atoms with Gasteiger partial charge in [-0.25, -0.2) is 9.59 Å². The minimum absolute atomic E-state index is 0.319. The molecule has 0 N–H and O–H groups in total. The summed E-state index contributed by atoms with van der Waals surface area (Å²) >= 11 is 0. The number of nitrogens with zero attached hydrogens (tertiary/aromatic N) is 1. The maximum absolute atomic E-state index is 12.1. The number of carbonyl (C=O) groups is 2. The van der Waals surface area contributed by atoms with Crippen molar-refractivity contribution in [3.63, 3.8) is 0 Å². The van der Waals surface area contributed by atoms with Crippen molar-refractivity contribution in [2.45, 2.75) is 59.9 Å². The van der Waals surface area contributed by atoms with Gasteiger partial charge < -0.3 is 14.4 Å². The van der Waals surface area contributed by atoms with Gasteiger partial charge in [0, 0.05) is 29.7 Å². The molecule has 1 rings (SSSR count). The summed E-state index contributed by atoms with van der Waals surface area (Å²) in [5.41, 5.74) is 2.55. The number of anilines is 1. The van der Waals surface area contributed by atoms with Crippen LogP contribution in [0.1, 0.15) is 46.1 Å². The Labute approximate surface area is 156 Å². The Morgan fingerprint density at radius 3 is 1.62 bits per heavy atom. The molecule has 2 atom stereocenters. The molecular weight excluding hydrogens is 330 g/mol. The summed E-state index contributed by atoms with van der Waals surface area (Å²) in [6.07, 6.45) is -0.142. The maximum atomic E-state index is 12.1. The van der Waals surface area contributed by atoms with Crippen molar-refractivity contribution in [2.75, 3.05) is 4.90 Å². The molecule has 1 aromatic rings. The molecule has 0 spiro atoms. The Hall–Kier alpha value is -2.56. The molecule has 5 nitrogen and oxygen atoms in total. The lowest BCUT2D eigenvalue weighted by atomic mass is 10.2. The number of hydrogen-bond acceptors (Lipinski definition) is 5. The van der Waals surface area contributed by atoms with Gasteiger partial charge in [0.05, 0.1) is 0 Å². The molecular formula is C21H29NO4. The topological polar surface area (TPSA) is 55.8 Å². The van der Waals surface area contributed by atoms with Crippen molar-refractivity contribution in [1.29, 1.82) is 0 Å². The molecule has 0 bridgehead atoms. The average Bonchev–Trinajstić information content (AvgIpc) is 2.60. The smallest absolute Gasteiger partial charge is 0.335 e. The van der Waals surface area contributed by atoms with Crippen LogP contribution >= 0.6 is 0 Å². The van der Waals surface area contributed by atoms with Crippen LogP contribution in [0.3, 0.4) is 0 Å². The molecule has 142 valence electrons. The van der Waals surface area contributed by atoms with Crippen LogP contribution in [0.2, 0.25) is 0 Å². The van der Waals surface area contributed by atoms with Gasteiger partial charge in [0.1, 0.15) is 0 Å². The molecule has 0 fully saturated rings. The van der Waals surface area contributed by atoms with E-state index in [2.05, 4.69) is 13.2 Å². The highest BCUT2D eigenvalue weighted by atomic mass is 16.6. The van der Waals surface area contributed by atoms with E-state index in [1.54, 1.807) is 13.8 Å². The van der Waals surface area contributed by atoms with Crippen LogP contribution in [0.5, 0.6) is 0 Å². The molecule has 0 saturated heterocycles. The Kier molecular flexibility index (Phi) is 8.10. The monoisotopic (exact) mass is 359 g/mol. The Morgan fingerprint density at radius 1 is 0.923 bits per heavy atom. The predicted octanol–water partition coefficient (Wildman–Crippen LogP) is 4.51. The number of benzene rings is 1. The number of esters is 2. The quantitative estimate of drug-likeness (QED) is 0.369. The highest BCUT2D eigenvalue weighted by Crippen LogP contribution is 2.26. The third kappa shape index (κ3) is 5.76. The van der Waals surface area contributed by atoms with Gasteiger partial charge in [-0.05, 0) is 32.9 Å². The number of rotatable bonds is 9. The normalized spacial score (nSPS) is 12.7. The first-order valence-electron chi connectivity index (χ1n) is 8.79. The Morgan fingerprint density at radius 2 is 1.31 bits per heavy atom. The van der Waals surface area contributed by atoms with Crippen LogP contribution in [0, 0.1) is 6.92 Å². The lowest BCUT2D eigenvalue weighted by Crippen LogP contribution is -2.47. The van der Waals surface area contributed by atoms with Crippen LogP contribution in [0.25, 0.3) is 0 Å². The van der Waals surface area contributed by atoms with Crippen molar-refractivity contribution < 1.29 is 19.1 Å². The first kappa shape index (κ1) is 21.5. The van der Waals surface area contributed by atoms with E-state index < -0.39 is 24.4 Å². The summed E-state index contributed by atoms with van der Waals surface area (Å²) < 4.78 is 11.2. The van der Waals surface area contributed by atoms with E-state index in [0.717, 1.165) is 11.3 Å². The number of carbonyl (C=O) groups excluding carboxylic acids is 2. The number of hydrogen-bond donors (Lipinski definition) is 0. The van der Waals surface area contributed by atoms with Gasteiger partial charge in [-0.1, -0.05) is 44.7 Å². The maximum Gasteiger partial charge on any atom is 0.335 e. The molecule has 0 amide bonds. The van der Waals surface area contributed by atoms with E-state index in [1.165, 1.54) is 0 Å². The first-order valence-corrected chi connectivity index (χ1v) is 8.79. The SMILES string of the molecule is C=C(C)C(=O)OC(CC)N(c1ccc(C)cc1)C(CC)OC(=O)C(=C)C. The van der Waals surface area contributed by atoms with Crippen LogP contribution in [-0.2, 0) is 19.1 Å². The van der Waals surface area contributed by atoms with Crippen LogP contribution in [0.15, 0.2) is 48.6 Å². The Balaban J connectivity index is 3.27. The molecule has 0 aliphatic carbocycles. The van der Waals surface area contributed by atoms with Gasteiger partial charge in [-0.3, -0.25) is 0 Å². The van der Waals surface area contributed by atoms with Gasteiger partial charge >= 0.3 is 11.9 Å². The third-order valence-corrected chi connectivity index (χ3v) is 3.83. The van der Waals surface area contributed by atoms with Gasteiger partial charge in [0.2, 0.25) is 0 Å². The molecule has 0 saturated carbocycles. The van der Waals surface area contributed by atoms with E-state index >= 15 is 0 Å². The van der Waals surface area contributed by atoms with Gasteiger partial charge in [-0.2, -0.15) is 0 Å². The summed E-state index contributed by atoms with van der Waals surface area (Å²) in [7, 11) is 0. The molecule has 1 aromatic carbocycles. The fourth-order valence-electron chi connectivity index (χ4n) is 2.36. The molecule has 0 aromatic heterocycles. The summed E-state index contributed by atoms with van der Waals surface area (Å²) in [5, 5.41) is 0. The molecule has 0 heterocycles. The zero-order valence-corrected chi connectivity index (χ0v) is 16.4. The zero-order chi connectivity index (χ0) is 19.9. The van der Waals surface area contributed by atoms with Crippen LogP contribution < -0.4 is 4.90 Å². The van der Waals surface area contributed by atoms with Crippen molar-refractivity contribution in [1.82, 2.24) is 0 Å². The lowest BCUT2D eigenvalue weighted by Gasteiger charge is -2.38. The summed E-state index contributed by atoms with van der Waals surface area (Å²) in [4.78, 5) is 26.0. The predicted molar refractivity (Wildman–Crippen MR) is 104 cm³/mol. The van der Waals surface area contributed by atoms with Crippen molar-refractivity contribution in [2.24, 2.45) is 0 Å². The minimum atomic E-state index is -0.593. The van der Waals surface area contributed by atoms with Crippen molar-refractivity contribution in [3.8, 4) is 0 Å². The van der Waals surface area contributed by atoms with E-state index in [1.807, 2.05) is 49.9 Å². The molecule has 0 aliphatic rings. The fourth-order valence-corrected chi connectivity index (χ4v) is 2.36. The van der Waals surface area contributed by atoms with Gasteiger partial charge in [0.25, 0.3) is 0 Å². The first-order chi connectivity index (χ1) is 12.2. The largest absolute Gasteiger partial charge is 0.438 e. The van der Waals surface area contributed by atoms with E-state index in [9.17, 15) is 9.59 Å². The summed E-state index contributed by atoms with van der Waals surface area (Å²) in [6, 6.07) is 7.76. The van der Waals surface area contributed by atoms with Gasteiger partial charge in [0.15, 0.2) is 12.5 Å². The molecule has 26 heavy (non-hydrogen) atoms. The van der Waals surface area contributed by atoms with E-state index in [4.69, 9.17) is 9.47 Å². The lowest BCUT2D eigenvalue weighted by molar-refractivity contribution is -0.150. The highest BCUT2D eigenvalue weighted by molar-refractivity contribution is 5.88. The summed E-state index contributed by atoms with van der Waals surface area (Å²) in [5.74, 6) is -0.954. The van der Waals surface area contributed by atoms with Crippen molar-refractivity contribution in [3.05, 3.63) is 54.1 Å². The van der Waals surface area contributed by atoms with Crippen LogP contribution in [-0.4, -0.2) is 24.4 Å². The van der Waals surface area contributed by atoms with Gasteiger partial charge in [-0.15, -0.1) is 0 Å². The third-order valence-electron chi connectivity index (χ3n) is 3.83. The molecule has 0 radical (unpaired) electrons. The number of aryl methyl sites for hydroxylation is 1. The Bertz CT molecular complexity index is 627. The second kappa shape index (κ2) is 9.80. The second-order valence-corrected chi connectivity index (χ2v) is 6.34. The van der Waals surface area contributed by atoms with Crippen LogP contribution in [0.4, 0.5) is 5.69 Å². The van der Waals surface area contributed by atoms with Crippen molar-refractivity contribution >= 4 is 17.6 Å². The number of ether oxygens (including phenoxy) is 2. The average molecular weight is 359 g/mol. The van der Waals surface area contributed by atoms with E-state index in [-0.39, 0.29) is 0 Å². The molecule has 0 aliphatic heterocycles. The zero-order valence-electron chi connectivity index (χ0n) is 16.4. The minimum Gasteiger partial charge on any atom is -0.438 e.